The van der Waals surface area contributed by atoms with Crippen LogP contribution in [-0.2, 0) is 0 Å². The average molecular weight is 191 g/mol. The van der Waals surface area contributed by atoms with Gasteiger partial charge in [0.1, 0.15) is 0 Å². The van der Waals surface area contributed by atoms with E-state index in [-0.39, 0.29) is 0 Å². The maximum Gasteiger partial charge on any atom is 0.0445 e. The van der Waals surface area contributed by atoms with E-state index in [0.29, 0.717) is 0 Å². The minimum absolute atomic E-state index is 1.00. The highest BCUT2D eigenvalue weighted by Gasteiger charge is 1.93. The minimum atomic E-state index is 1.00. The summed E-state index contributed by atoms with van der Waals surface area (Å²) in [5, 5.41) is 1.62. The molecule has 0 heterocycles. The Morgan fingerprint density at radius 2 is 1.92 bits per heavy atom. The molecule has 0 saturated carbocycles. The molecule has 0 radical (unpaired) electrons. The van der Waals surface area contributed by atoms with Gasteiger partial charge in [-0.05, 0) is 24.8 Å². The van der Waals surface area contributed by atoms with E-state index < -0.39 is 0 Å². The summed E-state index contributed by atoms with van der Waals surface area (Å²) in [5.41, 5.74) is 3.42. The predicted molar refractivity (Wildman–Crippen MR) is 61.5 cm³/mol. The van der Waals surface area contributed by atoms with E-state index in [9.17, 15) is 0 Å². The standard InChI is InChI=1S/C11H13NS/c1-9-3-5-11(6-4-9)10(2)12-7-8-13/h3-8,13H,1-2H3/b8-7-,12-10+. The van der Waals surface area contributed by atoms with Crippen LogP contribution in [0, 0.1) is 6.92 Å². The van der Waals surface area contributed by atoms with Crippen molar-refractivity contribution in [3.8, 4) is 0 Å². The molecule has 0 N–H and O–H groups in total. The zero-order valence-corrected chi connectivity index (χ0v) is 8.75. The van der Waals surface area contributed by atoms with Gasteiger partial charge in [0.25, 0.3) is 0 Å². The van der Waals surface area contributed by atoms with Crippen LogP contribution in [0.3, 0.4) is 0 Å². The number of thiol groups is 1. The lowest BCUT2D eigenvalue weighted by atomic mass is 10.1. The number of hydrogen-bond donors (Lipinski definition) is 1. The van der Waals surface area contributed by atoms with Gasteiger partial charge in [0, 0.05) is 11.9 Å². The second kappa shape index (κ2) is 4.87. The highest BCUT2D eigenvalue weighted by molar-refractivity contribution is 7.83. The highest BCUT2D eigenvalue weighted by atomic mass is 32.1. The molecule has 0 spiro atoms. The lowest BCUT2D eigenvalue weighted by Crippen LogP contribution is -1.92. The van der Waals surface area contributed by atoms with Gasteiger partial charge in [0.2, 0.25) is 0 Å². The first-order valence-corrected chi connectivity index (χ1v) is 4.66. The van der Waals surface area contributed by atoms with Crippen molar-refractivity contribution in [3.63, 3.8) is 0 Å². The van der Waals surface area contributed by atoms with Crippen LogP contribution in [0.2, 0.25) is 0 Å². The molecule has 68 valence electrons. The largest absolute Gasteiger partial charge is 0.260 e. The lowest BCUT2D eigenvalue weighted by Gasteiger charge is -1.99. The zero-order chi connectivity index (χ0) is 9.68. The molecular formula is C11H13NS. The average Bonchev–Trinajstić information content (AvgIpc) is 2.15. The molecule has 0 bridgehead atoms. The van der Waals surface area contributed by atoms with Crippen LogP contribution in [0.25, 0.3) is 0 Å². The maximum atomic E-state index is 4.20. The molecule has 0 atom stereocenters. The Balaban J connectivity index is 2.89. The molecule has 1 aromatic carbocycles. The molecule has 0 aliphatic heterocycles. The SMILES string of the molecule is C/C(=N\C=C/S)c1ccc(C)cc1. The van der Waals surface area contributed by atoms with Gasteiger partial charge in [-0.3, -0.25) is 4.99 Å². The zero-order valence-electron chi connectivity index (χ0n) is 7.86. The van der Waals surface area contributed by atoms with E-state index in [0.717, 1.165) is 11.3 Å². The van der Waals surface area contributed by atoms with Crippen LogP contribution in [0.5, 0.6) is 0 Å². The molecule has 1 aromatic rings. The summed E-state index contributed by atoms with van der Waals surface area (Å²) in [7, 11) is 0. The van der Waals surface area contributed by atoms with E-state index in [1.807, 2.05) is 6.92 Å². The first-order valence-electron chi connectivity index (χ1n) is 4.14. The Morgan fingerprint density at radius 3 is 2.46 bits per heavy atom. The van der Waals surface area contributed by atoms with Gasteiger partial charge in [0.15, 0.2) is 0 Å². The highest BCUT2D eigenvalue weighted by Crippen LogP contribution is 2.04. The summed E-state index contributed by atoms with van der Waals surface area (Å²) in [6, 6.07) is 8.30. The second-order valence-corrected chi connectivity index (χ2v) is 3.18. The van der Waals surface area contributed by atoms with Crippen LogP contribution >= 0.6 is 12.6 Å². The van der Waals surface area contributed by atoms with E-state index in [4.69, 9.17) is 0 Å². The smallest absolute Gasteiger partial charge is 0.0445 e. The monoisotopic (exact) mass is 191 g/mol. The van der Waals surface area contributed by atoms with Crippen molar-refractivity contribution in [1.29, 1.82) is 0 Å². The van der Waals surface area contributed by atoms with Crippen LogP contribution < -0.4 is 0 Å². The fourth-order valence-corrected chi connectivity index (χ4v) is 1.08. The van der Waals surface area contributed by atoms with Gasteiger partial charge in [-0.2, -0.15) is 0 Å². The van der Waals surface area contributed by atoms with Crippen molar-refractivity contribution in [2.45, 2.75) is 13.8 Å². The molecular weight excluding hydrogens is 178 g/mol. The number of rotatable bonds is 2. The first-order chi connectivity index (χ1) is 6.24. The maximum absolute atomic E-state index is 4.20. The number of hydrogen-bond acceptors (Lipinski definition) is 2. The number of benzene rings is 1. The summed E-state index contributed by atoms with van der Waals surface area (Å²) in [5.74, 6) is 0. The fraction of sp³-hybridized carbons (Fsp3) is 0.182. The van der Waals surface area contributed by atoms with Gasteiger partial charge in [-0.25, -0.2) is 0 Å². The van der Waals surface area contributed by atoms with Gasteiger partial charge in [-0.1, -0.05) is 29.8 Å². The molecule has 1 rings (SSSR count). The van der Waals surface area contributed by atoms with Crippen molar-refractivity contribution < 1.29 is 0 Å². The topological polar surface area (TPSA) is 12.4 Å². The van der Waals surface area contributed by atoms with Crippen molar-refractivity contribution in [2.75, 3.05) is 0 Å². The summed E-state index contributed by atoms with van der Waals surface area (Å²) in [6.07, 6.45) is 1.68. The molecule has 0 amide bonds. The van der Waals surface area contributed by atoms with Gasteiger partial charge in [-0.15, -0.1) is 12.6 Å². The van der Waals surface area contributed by atoms with Crippen LogP contribution in [0.4, 0.5) is 0 Å². The molecule has 0 aliphatic carbocycles. The number of aryl methyl sites for hydroxylation is 1. The molecule has 0 aromatic heterocycles. The van der Waals surface area contributed by atoms with E-state index >= 15 is 0 Å². The van der Waals surface area contributed by atoms with Crippen molar-refractivity contribution in [2.24, 2.45) is 4.99 Å². The Morgan fingerprint density at radius 1 is 1.31 bits per heavy atom. The predicted octanol–water partition coefficient (Wildman–Crippen LogP) is 3.21. The number of nitrogens with zero attached hydrogens (tertiary/aromatic N) is 1. The number of aliphatic imine (C=N–C) groups is 1. The first kappa shape index (κ1) is 10.1. The molecule has 0 saturated heterocycles. The summed E-state index contributed by atoms with van der Waals surface area (Å²) < 4.78 is 0. The Hall–Kier alpha value is -1.02. The second-order valence-electron chi connectivity index (χ2n) is 2.88. The van der Waals surface area contributed by atoms with Crippen LogP contribution in [-0.4, -0.2) is 5.71 Å². The van der Waals surface area contributed by atoms with Crippen molar-refractivity contribution in [3.05, 3.63) is 47.0 Å². The Kier molecular flexibility index (Phi) is 3.77. The van der Waals surface area contributed by atoms with E-state index in [1.54, 1.807) is 11.6 Å². The van der Waals surface area contributed by atoms with E-state index in [2.05, 4.69) is 48.8 Å². The van der Waals surface area contributed by atoms with Crippen LogP contribution in [0.1, 0.15) is 18.1 Å². The summed E-state index contributed by atoms with van der Waals surface area (Å²) >= 11 is 3.94. The van der Waals surface area contributed by atoms with Crippen LogP contribution in [0.15, 0.2) is 40.9 Å². The molecule has 0 aliphatic rings. The molecule has 13 heavy (non-hydrogen) atoms. The lowest BCUT2D eigenvalue weighted by molar-refractivity contribution is 1.44. The molecule has 0 fully saturated rings. The van der Waals surface area contributed by atoms with Gasteiger partial charge < -0.3 is 0 Å². The minimum Gasteiger partial charge on any atom is -0.260 e. The third-order valence-corrected chi connectivity index (χ3v) is 1.94. The molecule has 0 unspecified atom stereocenters. The van der Waals surface area contributed by atoms with Crippen molar-refractivity contribution in [1.82, 2.24) is 0 Å². The normalized spacial score (nSPS) is 12.4. The Bertz CT molecular complexity index is 322. The third-order valence-electron chi connectivity index (χ3n) is 1.80. The summed E-state index contributed by atoms with van der Waals surface area (Å²) in [4.78, 5) is 4.20. The molecule has 1 nitrogen and oxygen atoms in total. The van der Waals surface area contributed by atoms with Crippen molar-refractivity contribution >= 4 is 18.3 Å². The van der Waals surface area contributed by atoms with Gasteiger partial charge >= 0.3 is 0 Å². The van der Waals surface area contributed by atoms with E-state index in [1.165, 1.54) is 5.56 Å². The fourth-order valence-electron chi connectivity index (χ4n) is 1.01. The third kappa shape index (κ3) is 3.07. The quantitative estimate of drug-likeness (QED) is 0.544. The molecule has 2 heteroatoms. The van der Waals surface area contributed by atoms with Gasteiger partial charge in [0.05, 0.1) is 0 Å². The summed E-state index contributed by atoms with van der Waals surface area (Å²) in [6.45, 7) is 4.06. The Labute approximate surface area is 84.6 Å².